The number of rotatable bonds is 3. The Bertz CT molecular complexity index is 707. The molecule has 0 fully saturated rings. The lowest BCUT2D eigenvalue weighted by Gasteiger charge is -2.04. The molecule has 0 unspecified atom stereocenters. The summed E-state index contributed by atoms with van der Waals surface area (Å²) in [5.41, 5.74) is 0.922. The Balaban J connectivity index is 1.95. The molecule has 0 aliphatic heterocycles. The van der Waals surface area contributed by atoms with E-state index in [0.29, 0.717) is 16.1 Å². The van der Waals surface area contributed by atoms with Crippen molar-refractivity contribution in [3.8, 4) is 11.4 Å². The summed E-state index contributed by atoms with van der Waals surface area (Å²) in [7, 11) is 0. The molecule has 0 aliphatic carbocycles. The molecule has 6 heteroatoms. The van der Waals surface area contributed by atoms with Crippen molar-refractivity contribution >= 4 is 23.4 Å². The summed E-state index contributed by atoms with van der Waals surface area (Å²) < 4.78 is 0. The van der Waals surface area contributed by atoms with Crippen LogP contribution in [0.2, 0.25) is 5.15 Å². The van der Waals surface area contributed by atoms with Gasteiger partial charge in [0.15, 0.2) is 11.0 Å². The molecule has 0 amide bonds. The lowest BCUT2D eigenvalue weighted by Crippen LogP contribution is -1.92. The molecule has 0 radical (unpaired) electrons. The third kappa shape index (κ3) is 3.12. The van der Waals surface area contributed by atoms with E-state index >= 15 is 0 Å². The van der Waals surface area contributed by atoms with Crippen LogP contribution in [0.15, 0.2) is 65.0 Å². The van der Waals surface area contributed by atoms with Crippen molar-refractivity contribution in [3.05, 3.63) is 60.0 Å². The normalized spacial score (nSPS) is 10.4. The minimum atomic E-state index is 0.400. The molecule has 0 saturated carbocycles. The number of hydrogen-bond acceptors (Lipinski definition) is 5. The first-order chi connectivity index (χ1) is 9.81. The molecule has 0 bridgehead atoms. The van der Waals surface area contributed by atoms with Gasteiger partial charge in [-0.25, -0.2) is 19.9 Å². The maximum atomic E-state index is 6.06. The quantitative estimate of drug-likeness (QED) is 0.545. The van der Waals surface area contributed by atoms with Crippen LogP contribution in [0.25, 0.3) is 11.4 Å². The van der Waals surface area contributed by atoms with Gasteiger partial charge in [-0.3, -0.25) is 0 Å². The molecule has 2 aromatic heterocycles. The van der Waals surface area contributed by atoms with Gasteiger partial charge in [0.2, 0.25) is 0 Å². The standard InChI is InChI=1S/C14H9ClN4S/c15-11-9-12(20-14-16-7-4-8-17-14)19-13(18-11)10-5-2-1-3-6-10/h1-9H. The highest BCUT2D eigenvalue weighted by Gasteiger charge is 2.08. The lowest BCUT2D eigenvalue weighted by molar-refractivity contribution is 0.957. The summed E-state index contributed by atoms with van der Waals surface area (Å²) in [5, 5.41) is 1.74. The highest BCUT2D eigenvalue weighted by molar-refractivity contribution is 7.99. The van der Waals surface area contributed by atoms with E-state index in [4.69, 9.17) is 11.6 Å². The van der Waals surface area contributed by atoms with Gasteiger partial charge in [0.1, 0.15) is 10.2 Å². The average Bonchev–Trinajstić information content (AvgIpc) is 2.49. The van der Waals surface area contributed by atoms with Crippen molar-refractivity contribution in [2.45, 2.75) is 10.2 Å². The first kappa shape index (κ1) is 13.0. The second-order valence-corrected chi connectivity index (χ2v) is 5.23. The smallest absolute Gasteiger partial charge is 0.193 e. The van der Waals surface area contributed by atoms with E-state index in [0.717, 1.165) is 10.6 Å². The van der Waals surface area contributed by atoms with Crippen LogP contribution in [-0.2, 0) is 0 Å². The van der Waals surface area contributed by atoms with Crippen molar-refractivity contribution in [2.75, 3.05) is 0 Å². The molecular formula is C14H9ClN4S. The Kier molecular flexibility index (Phi) is 3.90. The zero-order valence-electron chi connectivity index (χ0n) is 10.3. The van der Waals surface area contributed by atoms with E-state index in [1.807, 2.05) is 30.3 Å². The van der Waals surface area contributed by atoms with Gasteiger partial charge in [-0.1, -0.05) is 41.9 Å². The van der Waals surface area contributed by atoms with Crippen molar-refractivity contribution in [1.82, 2.24) is 19.9 Å². The predicted molar refractivity (Wildman–Crippen MR) is 78.6 cm³/mol. The van der Waals surface area contributed by atoms with Gasteiger partial charge in [-0.05, 0) is 17.8 Å². The third-order valence-electron chi connectivity index (χ3n) is 2.44. The zero-order valence-corrected chi connectivity index (χ0v) is 11.8. The van der Waals surface area contributed by atoms with Gasteiger partial charge in [0.25, 0.3) is 0 Å². The van der Waals surface area contributed by atoms with E-state index in [9.17, 15) is 0 Å². The first-order valence-electron chi connectivity index (χ1n) is 5.86. The molecule has 3 aromatic rings. The SMILES string of the molecule is Clc1cc(Sc2ncccn2)nc(-c2ccccc2)n1. The Morgan fingerprint density at radius 1 is 0.900 bits per heavy atom. The van der Waals surface area contributed by atoms with Crippen molar-refractivity contribution in [2.24, 2.45) is 0 Å². The fourth-order valence-electron chi connectivity index (χ4n) is 1.60. The molecule has 3 rings (SSSR count). The van der Waals surface area contributed by atoms with E-state index in [2.05, 4.69) is 19.9 Å². The Morgan fingerprint density at radius 3 is 2.40 bits per heavy atom. The van der Waals surface area contributed by atoms with Gasteiger partial charge in [0.05, 0.1) is 0 Å². The minimum Gasteiger partial charge on any atom is -0.231 e. The van der Waals surface area contributed by atoms with Crippen LogP contribution in [0, 0.1) is 0 Å². The number of hydrogen-bond donors (Lipinski definition) is 0. The number of nitrogens with zero attached hydrogens (tertiary/aromatic N) is 4. The molecule has 20 heavy (non-hydrogen) atoms. The third-order valence-corrected chi connectivity index (χ3v) is 3.45. The van der Waals surface area contributed by atoms with Crippen LogP contribution >= 0.6 is 23.4 Å². The molecule has 0 N–H and O–H groups in total. The molecule has 0 spiro atoms. The van der Waals surface area contributed by atoms with Gasteiger partial charge in [0, 0.05) is 24.0 Å². The van der Waals surface area contributed by atoms with Crippen LogP contribution in [0.1, 0.15) is 0 Å². The summed E-state index contributed by atoms with van der Waals surface area (Å²) in [5.74, 6) is 0.594. The fraction of sp³-hybridized carbons (Fsp3) is 0. The van der Waals surface area contributed by atoms with Crippen molar-refractivity contribution in [1.29, 1.82) is 0 Å². The van der Waals surface area contributed by atoms with E-state index in [1.165, 1.54) is 11.8 Å². The highest BCUT2D eigenvalue weighted by atomic mass is 35.5. The maximum absolute atomic E-state index is 6.06. The predicted octanol–water partition coefficient (Wildman–Crippen LogP) is 3.74. The summed E-state index contributed by atoms with van der Waals surface area (Å²) in [4.78, 5) is 17.0. The number of aromatic nitrogens is 4. The molecule has 4 nitrogen and oxygen atoms in total. The second-order valence-electron chi connectivity index (χ2n) is 3.85. The number of benzene rings is 1. The molecule has 0 saturated heterocycles. The van der Waals surface area contributed by atoms with Crippen molar-refractivity contribution in [3.63, 3.8) is 0 Å². The van der Waals surface area contributed by atoms with Gasteiger partial charge in [-0.2, -0.15) is 0 Å². The zero-order chi connectivity index (χ0) is 13.8. The second kappa shape index (κ2) is 5.98. The molecular weight excluding hydrogens is 292 g/mol. The largest absolute Gasteiger partial charge is 0.231 e. The molecule has 1 aromatic carbocycles. The molecule has 0 atom stereocenters. The maximum Gasteiger partial charge on any atom is 0.193 e. The van der Waals surface area contributed by atoms with Gasteiger partial charge < -0.3 is 0 Å². The van der Waals surface area contributed by atoms with E-state index < -0.39 is 0 Å². The number of halogens is 1. The van der Waals surface area contributed by atoms with Gasteiger partial charge >= 0.3 is 0 Å². The Hall–Kier alpha value is -1.98. The van der Waals surface area contributed by atoms with Crippen LogP contribution < -0.4 is 0 Å². The summed E-state index contributed by atoms with van der Waals surface area (Å²) in [6.45, 7) is 0. The van der Waals surface area contributed by atoms with Crippen molar-refractivity contribution < 1.29 is 0 Å². The van der Waals surface area contributed by atoms with E-state index in [1.54, 1.807) is 24.5 Å². The summed E-state index contributed by atoms with van der Waals surface area (Å²) >= 11 is 7.41. The topological polar surface area (TPSA) is 51.6 Å². The lowest BCUT2D eigenvalue weighted by atomic mass is 10.2. The molecule has 98 valence electrons. The monoisotopic (exact) mass is 300 g/mol. The minimum absolute atomic E-state index is 0.400. The van der Waals surface area contributed by atoms with Crippen LogP contribution in [0.5, 0.6) is 0 Å². The Labute approximate surface area is 125 Å². The fourth-order valence-corrected chi connectivity index (χ4v) is 2.56. The molecule has 0 aliphatic rings. The Morgan fingerprint density at radius 2 is 1.65 bits per heavy atom. The average molecular weight is 301 g/mol. The van der Waals surface area contributed by atoms with Crippen LogP contribution in [-0.4, -0.2) is 19.9 Å². The molecule has 2 heterocycles. The van der Waals surface area contributed by atoms with Crippen LogP contribution in [0.4, 0.5) is 0 Å². The van der Waals surface area contributed by atoms with E-state index in [-0.39, 0.29) is 0 Å². The van der Waals surface area contributed by atoms with Crippen LogP contribution in [0.3, 0.4) is 0 Å². The van der Waals surface area contributed by atoms with Gasteiger partial charge in [-0.15, -0.1) is 0 Å². The highest BCUT2D eigenvalue weighted by Crippen LogP contribution is 2.26. The first-order valence-corrected chi connectivity index (χ1v) is 7.05. The summed E-state index contributed by atoms with van der Waals surface area (Å²) in [6, 6.07) is 13.2. The summed E-state index contributed by atoms with van der Waals surface area (Å²) in [6.07, 6.45) is 3.38.